The Kier molecular flexibility index (Phi) is 4.08. The van der Waals surface area contributed by atoms with Gasteiger partial charge in [-0.05, 0) is 30.3 Å². The van der Waals surface area contributed by atoms with Crippen molar-refractivity contribution in [3.05, 3.63) is 48.2 Å². The molecule has 0 saturated carbocycles. The van der Waals surface area contributed by atoms with Crippen molar-refractivity contribution in [3.8, 4) is 11.6 Å². The van der Waals surface area contributed by atoms with Crippen LogP contribution in [0.3, 0.4) is 0 Å². The maximum absolute atomic E-state index is 11.5. The lowest BCUT2D eigenvalue weighted by Gasteiger charge is -2.09. The highest BCUT2D eigenvalue weighted by atomic mass is 32.2. The fourth-order valence-electron chi connectivity index (χ4n) is 1.60. The number of aromatic nitrogens is 1. The molecular weight excluding hydrogens is 294 g/mol. The highest BCUT2D eigenvalue weighted by Gasteiger charge is 2.12. The Morgan fingerprint density at radius 1 is 1.33 bits per heavy atom. The Balaban J connectivity index is 2.40. The molecule has 21 heavy (non-hydrogen) atoms. The van der Waals surface area contributed by atoms with Crippen molar-refractivity contribution in [2.45, 2.75) is 4.90 Å². The minimum absolute atomic E-state index is 0.110. The first kappa shape index (κ1) is 14.8. The van der Waals surface area contributed by atoms with E-state index in [9.17, 15) is 8.42 Å². The fraction of sp³-hybridized carbons (Fsp3) is 0.0769. The second kappa shape index (κ2) is 5.80. The molecule has 0 radical (unpaired) electrons. The van der Waals surface area contributed by atoms with Crippen LogP contribution in [-0.2, 0) is 9.84 Å². The van der Waals surface area contributed by atoms with Gasteiger partial charge in [-0.25, -0.2) is 13.4 Å². The average molecular weight is 307 g/mol. The largest absolute Gasteiger partial charge is 0.438 e. The first-order valence-electron chi connectivity index (χ1n) is 5.82. The Morgan fingerprint density at radius 2 is 2.10 bits per heavy atom. The Bertz CT molecular complexity index is 788. The van der Waals surface area contributed by atoms with Gasteiger partial charge in [0.05, 0.1) is 10.5 Å². The van der Waals surface area contributed by atoms with Gasteiger partial charge >= 0.3 is 0 Å². The number of nitrogens with zero attached hydrogens (tertiary/aromatic N) is 2. The Hall–Kier alpha value is -2.61. The second-order valence-electron chi connectivity index (χ2n) is 4.19. The van der Waals surface area contributed by atoms with Gasteiger partial charge in [0.1, 0.15) is 5.75 Å². The molecule has 0 unspecified atom stereocenters. The van der Waals surface area contributed by atoms with Gasteiger partial charge in [0, 0.05) is 12.5 Å². The van der Waals surface area contributed by atoms with Crippen molar-refractivity contribution in [2.24, 2.45) is 10.9 Å². The van der Waals surface area contributed by atoms with Crippen LogP contribution in [0, 0.1) is 0 Å². The van der Waals surface area contributed by atoms with Crippen molar-refractivity contribution in [1.29, 1.82) is 0 Å². The fourth-order valence-corrected chi connectivity index (χ4v) is 2.26. The normalized spacial score (nSPS) is 12.1. The summed E-state index contributed by atoms with van der Waals surface area (Å²) >= 11 is 0. The molecule has 0 spiro atoms. The molecule has 0 fully saturated rings. The zero-order chi connectivity index (χ0) is 15.5. The molecule has 2 rings (SSSR count). The summed E-state index contributed by atoms with van der Waals surface area (Å²) in [5, 5.41) is 11.6. The third-order valence-corrected chi connectivity index (χ3v) is 3.71. The van der Waals surface area contributed by atoms with E-state index in [2.05, 4.69) is 10.1 Å². The number of sulfone groups is 1. The van der Waals surface area contributed by atoms with Crippen molar-refractivity contribution < 1.29 is 18.4 Å². The van der Waals surface area contributed by atoms with E-state index in [1.165, 1.54) is 18.3 Å². The van der Waals surface area contributed by atoms with E-state index in [0.717, 1.165) is 6.26 Å². The molecule has 0 bridgehead atoms. The van der Waals surface area contributed by atoms with Crippen LogP contribution in [0.5, 0.6) is 11.6 Å². The summed E-state index contributed by atoms with van der Waals surface area (Å²) in [7, 11) is -3.34. The quantitative estimate of drug-likeness (QED) is 0.381. The molecule has 1 heterocycles. The zero-order valence-electron chi connectivity index (χ0n) is 11.1. The topological polar surface area (TPSA) is 115 Å². The summed E-state index contributed by atoms with van der Waals surface area (Å²) in [5.74, 6) is 0.236. The Morgan fingerprint density at radius 3 is 2.76 bits per heavy atom. The highest BCUT2D eigenvalue weighted by Crippen LogP contribution is 2.25. The van der Waals surface area contributed by atoms with Crippen LogP contribution < -0.4 is 10.5 Å². The van der Waals surface area contributed by atoms with Gasteiger partial charge in [-0.2, -0.15) is 0 Å². The first-order chi connectivity index (χ1) is 9.91. The number of hydrogen-bond acceptors (Lipinski definition) is 6. The molecular formula is C13H13N3O4S. The molecule has 0 aliphatic rings. The lowest BCUT2D eigenvalue weighted by atomic mass is 10.2. The van der Waals surface area contributed by atoms with E-state index >= 15 is 0 Å². The lowest BCUT2D eigenvalue weighted by Crippen LogP contribution is -2.14. The van der Waals surface area contributed by atoms with Crippen LogP contribution in [0.4, 0.5) is 0 Å². The number of amidine groups is 1. The number of rotatable bonds is 4. The second-order valence-corrected chi connectivity index (χ2v) is 6.21. The van der Waals surface area contributed by atoms with Crippen molar-refractivity contribution in [1.82, 2.24) is 4.98 Å². The number of hydrogen-bond donors (Lipinski definition) is 2. The number of benzene rings is 1. The van der Waals surface area contributed by atoms with Crippen LogP contribution in [0.2, 0.25) is 0 Å². The van der Waals surface area contributed by atoms with E-state index in [1.54, 1.807) is 24.3 Å². The average Bonchev–Trinajstić information content (AvgIpc) is 2.46. The van der Waals surface area contributed by atoms with Crippen molar-refractivity contribution >= 4 is 15.7 Å². The van der Waals surface area contributed by atoms with E-state index in [1.807, 2.05) is 0 Å². The predicted molar refractivity (Wildman–Crippen MR) is 76.4 cm³/mol. The highest BCUT2D eigenvalue weighted by molar-refractivity contribution is 7.90. The molecule has 0 atom stereocenters. The number of ether oxygens (including phenoxy) is 1. The third-order valence-electron chi connectivity index (χ3n) is 2.60. The molecule has 0 aliphatic carbocycles. The molecule has 3 N–H and O–H groups in total. The number of nitrogens with two attached hydrogens (primary N) is 1. The molecule has 2 aromatic rings. The van der Waals surface area contributed by atoms with E-state index < -0.39 is 9.84 Å². The van der Waals surface area contributed by atoms with Crippen LogP contribution >= 0.6 is 0 Å². The number of oxime groups is 1. The van der Waals surface area contributed by atoms with Gasteiger partial charge < -0.3 is 15.7 Å². The summed E-state index contributed by atoms with van der Waals surface area (Å²) in [4.78, 5) is 4.12. The van der Waals surface area contributed by atoms with Gasteiger partial charge in [-0.15, -0.1) is 0 Å². The standard InChI is InChI=1S/C13H13N3O4S/c1-21(18,19)10-5-2-4-9(8-10)20-13-11(12(14)16-17)6-3-7-15-13/h2-8,17H,1H3,(H2,14,16). The van der Waals surface area contributed by atoms with Crippen LogP contribution in [0.25, 0.3) is 0 Å². The van der Waals surface area contributed by atoms with E-state index in [-0.39, 0.29) is 22.4 Å². The molecule has 0 amide bonds. The van der Waals surface area contributed by atoms with E-state index in [0.29, 0.717) is 5.56 Å². The minimum Gasteiger partial charge on any atom is -0.438 e. The molecule has 0 aliphatic heterocycles. The molecule has 8 heteroatoms. The van der Waals surface area contributed by atoms with Gasteiger partial charge in [-0.3, -0.25) is 0 Å². The van der Waals surface area contributed by atoms with Crippen LogP contribution in [0.15, 0.2) is 52.6 Å². The summed E-state index contributed by atoms with van der Waals surface area (Å²) < 4.78 is 28.6. The van der Waals surface area contributed by atoms with Crippen LogP contribution in [0.1, 0.15) is 5.56 Å². The summed E-state index contributed by atoms with van der Waals surface area (Å²) in [6.07, 6.45) is 2.58. The maximum atomic E-state index is 11.5. The van der Waals surface area contributed by atoms with Gasteiger partial charge in [0.2, 0.25) is 5.88 Å². The SMILES string of the molecule is CS(=O)(=O)c1cccc(Oc2ncccc2/C(N)=N/O)c1. The van der Waals surface area contributed by atoms with Gasteiger partial charge in [0.25, 0.3) is 0 Å². The molecule has 110 valence electrons. The minimum atomic E-state index is -3.34. The molecule has 0 saturated heterocycles. The summed E-state index contributed by atoms with van der Waals surface area (Å²) in [5.41, 5.74) is 5.83. The number of pyridine rings is 1. The first-order valence-corrected chi connectivity index (χ1v) is 7.72. The summed E-state index contributed by atoms with van der Waals surface area (Å²) in [6, 6.07) is 9.15. The van der Waals surface area contributed by atoms with Crippen molar-refractivity contribution in [2.75, 3.05) is 6.26 Å². The monoisotopic (exact) mass is 307 g/mol. The smallest absolute Gasteiger partial charge is 0.230 e. The van der Waals surface area contributed by atoms with E-state index in [4.69, 9.17) is 15.7 Å². The van der Waals surface area contributed by atoms with Gasteiger partial charge in [-0.1, -0.05) is 11.2 Å². The molecule has 7 nitrogen and oxygen atoms in total. The van der Waals surface area contributed by atoms with Gasteiger partial charge in [0.15, 0.2) is 15.7 Å². The maximum Gasteiger partial charge on any atom is 0.230 e. The Labute approximate surface area is 121 Å². The molecule has 1 aromatic heterocycles. The molecule has 1 aromatic carbocycles. The van der Waals surface area contributed by atoms with Crippen LogP contribution in [-0.4, -0.2) is 30.7 Å². The van der Waals surface area contributed by atoms with Crippen molar-refractivity contribution in [3.63, 3.8) is 0 Å². The third kappa shape index (κ3) is 3.48. The zero-order valence-corrected chi connectivity index (χ0v) is 11.9. The predicted octanol–water partition coefficient (Wildman–Crippen LogP) is 1.37. The lowest BCUT2D eigenvalue weighted by molar-refractivity contribution is 0.318. The summed E-state index contributed by atoms with van der Waals surface area (Å²) in [6.45, 7) is 0.